The van der Waals surface area contributed by atoms with Crippen molar-refractivity contribution in [2.24, 2.45) is 0 Å². The van der Waals surface area contributed by atoms with Crippen LogP contribution in [0.25, 0.3) is 0 Å². The normalized spacial score (nSPS) is 21.7. The molecule has 2 fully saturated rings. The van der Waals surface area contributed by atoms with Crippen LogP contribution < -0.4 is 5.32 Å². The average Bonchev–Trinajstić information content (AvgIpc) is 2.91. The van der Waals surface area contributed by atoms with E-state index in [1.807, 2.05) is 0 Å². The van der Waals surface area contributed by atoms with E-state index in [1.54, 1.807) is 13.0 Å². The van der Waals surface area contributed by atoms with E-state index in [0.29, 0.717) is 23.3 Å². The van der Waals surface area contributed by atoms with Crippen molar-refractivity contribution in [1.82, 2.24) is 20.2 Å². The predicted octanol–water partition coefficient (Wildman–Crippen LogP) is 2.02. The Morgan fingerprint density at radius 2 is 2.22 bits per heavy atom. The SMILES string of the molecule is Cc1cc(NC(=O)CN2CCCC2c2noc(C3CC3)n2)no1. The summed E-state index contributed by atoms with van der Waals surface area (Å²) < 4.78 is 10.3. The molecule has 0 aromatic carbocycles. The molecule has 23 heavy (non-hydrogen) atoms. The highest BCUT2D eigenvalue weighted by Crippen LogP contribution is 2.40. The van der Waals surface area contributed by atoms with Crippen molar-refractivity contribution in [2.45, 2.75) is 44.6 Å². The minimum absolute atomic E-state index is 0.0519. The highest BCUT2D eigenvalue weighted by molar-refractivity contribution is 5.91. The zero-order valence-electron chi connectivity index (χ0n) is 13.0. The molecule has 2 aromatic rings. The number of aromatic nitrogens is 3. The van der Waals surface area contributed by atoms with Crippen molar-refractivity contribution in [3.63, 3.8) is 0 Å². The fourth-order valence-corrected chi connectivity index (χ4v) is 2.98. The summed E-state index contributed by atoms with van der Waals surface area (Å²) >= 11 is 0. The van der Waals surface area contributed by atoms with Crippen LogP contribution in [0.1, 0.15) is 55.1 Å². The van der Waals surface area contributed by atoms with E-state index >= 15 is 0 Å². The van der Waals surface area contributed by atoms with E-state index in [1.165, 1.54) is 0 Å². The molecule has 1 aliphatic heterocycles. The van der Waals surface area contributed by atoms with Crippen LogP contribution in [0.3, 0.4) is 0 Å². The molecular formula is C15H19N5O3. The summed E-state index contributed by atoms with van der Waals surface area (Å²) in [6.07, 6.45) is 4.24. The molecule has 1 saturated heterocycles. The summed E-state index contributed by atoms with van der Waals surface area (Å²) in [6.45, 7) is 2.92. The van der Waals surface area contributed by atoms with Crippen LogP contribution in [0.5, 0.6) is 0 Å². The third kappa shape index (κ3) is 3.12. The Labute approximate surface area is 133 Å². The third-order valence-corrected chi connectivity index (χ3v) is 4.29. The van der Waals surface area contributed by atoms with Gasteiger partial charge in [0.1, 0.15) is 5.76 Å². The number of aryl methyl sites for hydroxylation is 1. The van der Waals surface area contributed by atoms with Gasteiger partial charge in [-0.15, -0.1) is 0 Å². The fraction of sp³-hybridized carbons (Fsp3) is 0.600. The van der Waals surface area contributed by atoms with Crippen LogP contribution in [0, 0.1) is 6.92 Å². The second kappa shape index (κ2) is 5.77. The smallest absolute Gasteiger partial charge is 0.239 e. The summed E-state index contributed by atoms with van der Waals surface area (Å²) in [5.41, 5.74) is 0. The van der Waals surface area contributed by atoms with Gasteiger partial charge >= 0.3 is 0 Å². The van der Waals surface area contributed by atoms with E-state index in [2.05, 4.69) is 25.5 Å². The van der Waals surface area contributed by atoms with Gasteiger partial charge in [0.2, 0.25) is 11.8 Å². The number of hydrogen-bond acceptors (Lipinski definition) is 7. The zero-order chi connectivity index (χ0) is 15.8. The largest absolute Gasteiger partial charge is 0.360 e. The van der Waals surface area contributed by atoms with Crippen LogP contribution in [-0.4, -0.2) is 39.2 Å². The van der Waals surface area contributed by atoms with Gasteiger partial charge in [-0.1, -0.05) is 10.3 Å². The van der Waals surface area contributed by atoms with Crippen LogP contribution >= 0.6 is 0 Å². The number of carbonyl (C=O) groups is 1. The van der Waals surface area contributed by atoms with Crippen molar-refractivity contribution in [3.8, 4) is 0 Å². The molecule has 2 aromatic heterocycles. The van der Waals surface area contributed by atoms with Crippen molar-refractivity contribution < 1.29 is 13.8 Å². The van der Waals surface area contributed by atoms with Crippen molar-refractivity contribution in [2.75, 3.05) is 18.4 Å². The van der Waals surface area contributed by atoms with Crippen LogP contribution in [0.15, 0.2) is 15.1 Å². The van der Waals surface area contributed by atoms with E-state index in [4.69, 9.17) is 9.05 Å². The fourth-order valence-electron chi connectivity index (χ4n) is 2.98. The molecule has 1 saturated carbocycles. The van der Waals surface area contributed by atoms with Crippen molar-refractivity contribution >= 4 is 11.7 Å². The van der Waals surface area contributed by atoms with E-state index < -0.39 is 0 Å². The Hall–Kier alpha value is -2.22. The number of hydrogen-bond donors (Lipinski definition) is 1. The summed E-state index contributed by atoms with van der Waals surface area (Å²) in [7, 11) is 0. The Kier molecular flexibility index (Phi) is 3.60. The van der Waals surface area contributed by atoms with Gasteiger partial charge in [0, 0.05) is 12.0 Å². The molecule has 1 amide bonds. The first-order valence-corrected chi connectivity index (χ1v) is 8.00. The molecule has 1 unspecified atom stereocenters. The first kappa shape index (κ1) is 14.4. The number of nitrogens with zero attached hydrogens (tertiary/aromatic N) is 4. The quantitative estimate of drug-likeness (QED) is 0.901. The molecule has 8 heteroatoms. The average molecular weight is 317 g/mol. The molecule has 4 rings (SSSR count). The molecular weight excluding hydrogens is 298 g/mol. The number of rotatable bonds is 5. The molecule has 8 nitrogen and oxygen atoms in total. The van der Waals surface area contributed by atoms with E-state index in [-0.39, 0.29) is 18.5 Å². The topological polar surface area (TPSA) is 97.3 Å². The summed E-state index contributed by atoms with van der Waals surface area (Å²) in [4.78, 5) is 18.8. The molecule has 0 spiro atoms. The molecule has 2 aliphatic rings. The predicted molar refractivity (Wildman–Crippen MR) is 79.7 cm³/mol. The molecule has 0 bridgehead atoms. The van der Waals surface area contributed by atoms with Crippen LogP contribution in [0.2, 0.25) is 0 Å². The van der Waals surface area contributed by atoms with Gasteiger partial charge in [-0.25, -0.2) is 0 Å². The number of nitrogens with one attached hydrogen (secondary N) is 1. The molecule has 1 aliphatic carbocycles. The first-order chi connectivity index (χ1) is 11.2. The Bertz CT molecular complexity index is 706. The van der Waals surface area contributed by atoms with Crippen molar-refractivity contribution in [1.29, 1.82) is 0 Å². The number of amides is 1. The van der Waals surface area contributed by atoms with Gasteiger partial charge in [0.15, 0.2) is 11.6 Å². The molecule has 1 N–H and O–H groups in total. The number of anilines is 1. The van der Waals surface area contributed by atoms with Gasteiger partial charge in [0.05, 0.1) is 12.6 Å². The summed E-state index contributed by atoms with van der Waals surface area (Å²) in [5.74, 6) is 2.89. The lowest BCUT2D eigenvalue weighted by Gasteiger charge is -2.20. The second-order valence-corrected chi connectivity index (χ2v) is 6.26. The Balaban J connectivity index is 1.39. The Morgan fingerprint density at radius 1 is 1.35 bits per heavy atom. The summed E-state index contributed by atoms with van der Waals surface area (Å²) in [5, 5.41) is 10.6. The lowest BCUT2D eigenvalue weighted by Crippen LogP contribution is -2.33. The number of carbonyl (C=O) groups excluding carboxylic acids is 1. The van der Waals surface area contributed by atoms with Gasteiger partial charge in [-0.3, -0.25) is 9.69 Å². The van der Waals surface area contributed by atoms with Gasteiger partial charge in [0.25, 0.3) is 0 Å². The maximum Gasteiger partial charge on any atom is 0.239 e. The maximum atomic E-state index is 12.2. The van der Waals surface area contributed by atoms with Gasteiger partial charge in [-0.05, 0) is 39.2 Å². The molecule has 0 radical (unpaired) electrons. The molecule has 122 valence electrons. The molecule has 1 atom stereocenters. The van der Waals surface area contributed by atoms with Crippen LogP contribution in [-0.2, 0) is 4.79 Å². The standard InChI is InChI=1S/C15H19N5O3/c1-9-7-12(18-22-9)16-13(21)8-20-6-2-3-11(20)14-17-15(23-19-14)10-4-5-10/h7,10-11H,2-6,8H2,1H3,(H,16,18,21). The highest BCUT2D eigenvalue weighted by atomic mass is 16.5. The monoisotopic (exact) mass is 317 g/mol. The lowest BCUT2D eigenvalue weighted by atomic mass is 10.2. The molecule has 3 heterocycles. The first-order valence-electron chi connectivity index (χ1n) is 8.00. The summed E-state index contributed by atoms with van der Waals surface area (Å²) in [6, 6.07) is 1.75. The lowest BCUT2D eigenvalue weighted by molar-refractivity contribution is -0.117. The van der Waals surface area contributed by atoms with Crippen LogP contribution in [0.4, 0.5) is 5.82 Å². The van der Waals surface area contributed by atoms with Crippen molar-refractivity contribution in [3.05, 3.63) is 23.5 Å². The minimum atomic E-state index is -0.115. The van der Waals surface area contributed by atoms with Gasteiger partial charge in [-0.2, -0.15) is 4.98 Å². The van der Waals surface area contributed by atoms with E-state index in [0.717, 1.165) is 38.1 Å². The third-order valence-electron chi connectivity index (χ3n) is 4.29. The second-order valence-electron chi connectivity index (χ2n) is 6.26. The highest BCUT2D eigenvalue weighted by Gasteiger charge is 2.34. The Morgan fingerprint density at radius 3 is 2.96 bits per heavy atom. The maximum absolute atomic E-state index is 12.2. The zero-order valence-corrected chi connectivity index (χ0v) is 13.0. The van der Waals surface area contributed by atoms with Gasteiger partial charge < -0.3 is 14.4 Å². The number of likely N-dealkylation sites (tertiary alicyclic amines) is 1. The van der Waals surface area contributed by atoms with E-state index in [9.17, 15) is 4.79 Å². The minimum Gasteiger partial charge on any atom is -0.360 e.